The van der Waals surface area contributed by atoms with Crippen LogP contribution in [0, 0.1) is 20.8 Å². The Morgan fingerprint density at radius 3 is 2.40 bits per heavy atom. The molecule has 0 unspecified atom stereocenters. The van der Waals surface area contributed by atoms with Gasteiger partial charge in [-0.05, 0) is 62.1 Å². The van der Waals surface area contributed by atoms with E-state index in [-0.39, 0.29) is 12.3 Å². The summed E-state index contributed by atoms with van der Waals surface area (Å²) in [6.45, 7) is 7.42. The highest BCUT2D eigenvalue weighted by molar-refractivity contribution is 6.31. The first-order chi connectivity index (χ1) is 11.8. The van der Waals surface area contributed by atoms with E-state index in [0.29, 0.717) is 10.7 Å². The van der Waals surface area contributed by atoms with Crippen molar-refractivity contribution in [3.05, 3.63) is 63.7 Å². The summed E-state index contributed by atoms with van der Waals surface area (Å²) in [6.07, 6.45) is -0.757. The number of nitrogens with one attached hydrogen (secondary N) is 1. The summed E-state index contributed by atoms with van der Waals surface area (Å²) in [4.78, 5) is 24.3. The summed E-state index contributed by atoms with van der Waals surface area (Å²) in [5, 5.41) is 3.26. The van der Waals surface area contributed by atoms with Crippen molar-refractivity contribution in [3.8, 4) is 0 Å². The quantitative estimate of drug-likeness (QED) is 0.806. The van der Waals surface area contributed by atoms with Crippen LogP contribution < -0.4 is 5.32 Å². The number of esters is 1. The third-order valence-electron chi connectivity index (χ3n) is 4.05. The molecule has 1 amide bonds. The highest BCUT2D eigenvalue weighted by Crippen LogP contribution is 2.20. The highest BCUT2D eigenvalue weighted by Gasteiger charge is 2.19. The van der Waals surface area contributed by atoms with Gasteiger partial charge >= 0.3 is 5.97 Å². The van der Waals surface area contributed by atoms with Crippen molar-refractivity contribution in [2.75, 3.05) is 5.32 Å². The Morgan fingerprint density at radius 2 is 1.72 bits per heavy atom. The van der Waals surface area contributed by atoms with Gasteiger partial charge in [-0.25, -0.2) is 0 Å². The molecule has 1 atom stereocenters. The molecule has 25 heavy (non-hydrogen) atoms. The summed E-state index contributed by atoms with van der Waals surface area (Å²) in [5.41, 5.74) is 4.64. The van der Waals surface area contributed by atoms with E-state index < -0.39 is 12.1 Å². The molecule has 0 aromatic heterocycles. The first-order valence-corrected chi connectivity index (χ1v) is 8.46. The van der Waals surface area contributed by atoms with Crippen LogP contribution in [-0.4, -0.2) is 18.0 Å². The predicted molar refractivity (Wildman–Crippen MR) is 100.0 cm³/mol. The second-order valence-electron chi connectivity index (χ2n) is 6.18. The van der Waals surface area contributed by atoms with Crippen LogP contribution >= 0.6 is 11.6 Å². The fourth-order valence-corrected chi connectivity index (χ4v) is 2.51. The number of carbonyl (C=O) groups excluding carboxylic acids is 2. The zero-order valence-electron chi connectivity index (χ0n) is 14.9. The largest absolute Gasteiger partial charge is 0.452 e. The van der Waals surface area contributed by atoms with E-state index in [1.807, 2.05) is 45.0 Å². The summed E-state index contributed by atoms with van der Waals surface area (Å²) >= 11 is 5.94. The van der Waals surface area contributed by atoms with Gasteiger partial charge in [-0.15, -0.1) is 0 Å². The Bertz CT molecular complexity index is 802. The molecule has 132 valence electrons. The molecule has 0 aliphatic carbocycles. The molecular formula is C20H22ClNO3. The Labute approximate surface area is 153 Å². The number of rotatable bonds is 5. The van der Waals surface area contributed by atoms with E-state index >= 15 is 0 Å². The minimum atomic E-state index is -0.891. The average molecular weight is 360 g/mol. The summed E-state index contributed by atoms with van der Waals surface area (Å²) < 4.78 is 5.24. The number of anilines is 1. The minimum Gasteiger partial charge on any atom is -0.452 e. The van der Waals surface area contributed by atoms with E-state index in [9.17, 15) is 9.59 Å². The number of aryl methyl sites for hydroxylation is 3. The molecule has 0 aliphatic rings. The Morgan fingerprint density at radius 1 is 1.04 bits per heavy atom. The fourth-order valence-electron chi connectivity index (χ4n) is 2.34. The number of hydrogen-bond acceptors (Lipinski definition) is 3. The topological polar surface area (TPSA) is 55.4 Å². The molecule has 0 heterocycles. The van der Waals surface area contributed by atoms with Gasteiger partial charge in [0.1, 0.15) is 0 Å². The molecule has 4 nitrogen and oxygen atoms in total. The van der Waals surface area contributed by atoms with Crippen molar-refractivity contribution >= 4 is 29.2 Å². The lowest BCUT2D eigenvalue weighted by atomic mass is 10.0. The summed E-state index contributed by atoms with van der Waals surface area (Å²) in [5.74, 6) is -0.826. The van der Waals surface area contributed by atoms with E-state index in [2.05, 4.69) is 5.32 Å². The molecule has 2 aromatic carbocycles. The van der Waals surface area contributed by atoms with E-state index in [1.165, 1.54) is 5.56 Å². The number of hydrogen-bond donors (Lipinski definition) is 1. The van der Waals surface area contributed by atoms with Crippen LogP contribution in [0.3, 0.4) is 0 Å². The van der Waals surface area contributed by atoms with Gasteiger partial charge in [0.15, 0.2) is 6.10 Å². The van der Waals surface area contributed by atoms with Crippen LogP contribution in [0.5, 0.6) is 0 Å². The second kappa shape index (κ2) is 8.17. The third kappa shape index (κ3) is 5.33. The molecule has 5 heteroatoms. The molecule has 0 saturated heterocycles. The normalized spacial score (nSPS) is 11.7. The Hall–Kier alpha value is -2.33. The van der Waals surface area contributed by atoms with E-state index in [4.69, 9.17) is 16.3 Å². The summed E-state index contributed by atoms with van der Waals surface area (Å²) in [7, 11) is 0. The number of ether oxygens (including phenoxy) is 1. The van der Waals surface area contributed by atoms with Crippen molar-refractivity contribution in [3.63, 3.8) is 0 Å². The highest BCUT2D eigenvalue weighted by atomic mass is 35.5. The lowest BCUT2D eigenvalue weighted by Gasteiger charge is -2.15. The van der Waals surface area contributed by atoms with Crippen LogP contribution in [0.1, 0.15) is 29.2 Å². The zero-order valence-corrected chi connectivity index (χ0v) is 15.6. The minimum absolute atomic E-state index is 0.134. The molecule has 2 aromatic rings. The van der Waals surface area contributed by atoms with Crippen molar-refractivity contribution in [1.29, 1.82) is 0 Å². The second-order valence-corrected chi connectivity index (χ2v) is 6.61. The smallest absolute Gasteiger partial charge is 0.311 e. The summed E-state index contributed by atoms with van der Waals surface area (Å²) in [6, 6.07) is 11.0. The van der Waals surface area contributed by atoms with Gasteiger partial charge in [-0.2, -0.15) is 0 Å². The number of halogens is 1. The SMILES string of the molecule is Cc1ccc(CC(=O)O[C@H](C)C(=O)Nc2cc(Cl)ccc2C)cc1C. The van der Waals surface area contributed by atoms with E-state index in [0.717, 1.165) is 16.7 Å². The monoisotopic (exact) mass is 359 g/mol. The van der Waals surface area contributed by atoms with Crippen LogP contribution in [0.4, 0.5) is 5.69 Å². The van der Waals surface area contributed by atoms with Gasteiger partial charge in [0.25, 0.3) is 5.91 Å². The first-order valence-electron chi connectivity index (χ1n) is 8.09. The number of carbonyl (C=O) groups is 2. The maximum atomic E-state index is 12.2. The maximum absolute atomic E-state index is 12.2. The molecule has 0 radical (unpaired) electrons. The molecule has 2 rings (SSSR count). The third-order valence-corrected chi connectivity index (χ3v) is 4.29. The van der Waals surface area contributed by atoms with Crippen LogP contribution in [0.15, 0.2) is 36.4 Å². The van der Waals surface area contributed by atoms with Crippen LogP contribution in [0.2, 0.25) is 5.02 Å². The fraction of sp³-hybridized carbons (Fsp3) is 0.300. The molecule has 0 saturated carbocycles. The van der Waals surface area contributed by atoms with Crippen LogP contribution in [0.25, 0.3) is 0 Å². The molecular weight excluding hydrogens is 338 g/mol. The lowest BCUT2D eigenvalue weighted by molar-refractivity contribution is -0.152. The molecule has 0 spiro atoms. The van der Waals surface area contributed by atoms with Crippen molar-refractivity contribution in [1.82, 2.24) is 0 Å². The molecule has 1 N–H and O–H groups in total. The first kappa shape index (κ1) is 19.0. The Kier molecular flexibility index (Phi) is 6.21. The van der Waals surface area contributed by atoms with Gasteiger partial charge in [0.2, 0.25) is 0 Å². The number of benzene rings is 2. The van der Waals surface area contributed by atoms with Gasteiger partial charge in [-0.3, -0.25) is 9.59 Å². The van der Waals surface area contributed by atoms with Gasteiger partial charge in [-0.1, -0.05) is 35.9 Å². The number of amides is 1. The predicted octanol–water partition coefficient (Wildman–Crippen LogP) is 4.38. The zero-order chi connectivity index (χ0) is 18.6. The standard InChI is InChI=1S/C20H22ClNO3/c1-12-5-7-16(9-14(12)3)10-19(23)25-15(4)20(24)22-18-11-17(21)8-6-13(18)2/h5-9,11,15H,10H2,1-4H3,(H,22,24)/t15-/m1/s1. The van der Waals surface area contributed by atoms with Crippen LogP contribution in [-0.2, 0) is 20.7 Å². The molecule has 0 aliphatic heterocycles. The Balaban J connectivity index is 1.94. The van der Waals surface area contributed by atoms with Gasteiger partial charge in [0, 0.05) is 10.7 Å². The van der Waals surface area contributed by atoms with Gasteiger partial charge < -0.3 is 10.1 Å². The average Bonchev–Trinajstić information content (AvgIpc) is 2.54. The maximum Gasteiger partial charge on any atom is 0.311 e. The molecule has 0 fully saturated rings. The lowest BCUT2D eigenvalue weighted by Crippen LogP contribution is -2.30. The van der Waals surface area contributed by atoms with Crippen molar-refractivity contribution < 1.29 is 14.3 Å². The molecule has 0 bridgehead atoms. The van der Waals surface area contributed by atoms with Crippen molar-refractivity contribution in [2.24, 2.45) is 0 Å². The van der Waals surface area contributed by atoms with Gasteiger partial charge in [0.05, 0.1) is 6.42 Å². The van der Waals surface area contributed by atoms with Crippen molar-refractivity contribution in [2.45, 2.75) is 40.2 Å². The van der Waals surface area contributed by atoms with E-state index in [1.54, 1.807) is 19.1 Å².